The molecule has 12 heteroatoms. The first-order valence-corrected chi connectivity index (χ1v) is 12.8. The van der Waals surface area contributed by atoms with E-state index in [0.29, 0.717) is 23.4 Å². The van der Waals surface area contributed by atoms with Gasteiger partial charge in [-0.2, -0.15) is 9.69 Å². The number of carbonyl (C=O) groups is 3. The number of hydrazone groups is 1. The number of hydrogen-bond acceptors (Lipinski definition) is 8. The molecule has 2 aromatic carbocycles. The standard InChI is InChI=1S/C29H28N4O8/c1-4-17(15-22-24(40-5-2)30-32(26(22)34)20-11-7-18(8-12-20)28(36)37)16-23-25(41-6-3)31-33(27(23)35)21-13-9-19(10-14-21)29(38)39/h7-16,34H,4-6H2,1-3H3,(H,36,37)(H,38,39). The van der Waals surface area contributed by atoms with E-state index in [1.165, 1.54) is 53.2 Å². The molecule has 0 bridgehead atoms. The predicted molar refractivity (Wildman–Crippen MR) is 150 cm³/mol. The Morgan fingerprint density at radius 2 is 1.44 bits per heavy atom. The van der Waals surface area contributed by atoms with Crippen molar-refractivity contribution in [2.75, 3.05) is 18.2 Å². The fourth-order valence-electron chi connectivity index (χ4n) is 4.00. The third-order valence-corrected chi connectivity index (χ3v) is 6.05. The fraction of sp³-hybridized carbons (Fsp3) is 0.207. The zero-order valence-electron chi connectivity index (χ0n) is 22.6. The highest BCUT2D eigenvalue weighted by Gasteiger charge is 2.33. The molecule has 0 radical (unpaired) electrons. The van der Waals surface area contributed by atoms with Gasteiger partial charge in [0, 0.05) is 0 Å². The van der Waals surface area contributed by atoms with Crippen molar-refractivity contribution in [3.8, 4) is 17.4 Å². The van der Waals surface area contributed by atoms with E-state index in [1.807, 2.05) is 6.92 Å². The molecule has 0 unspecified atom stereocenters. The summed E-state index contributed by atoms with van der Waals surface area (Å²) in [6, 6.07) is 11.6. The number of rotatable bonds is 10. The molecule has 0 atom stereocenters. The quantitative estimate of drug-likeness (QED) is 0.303. The van der Waals surface area contributed by atoms with Crippen LogP contribution in [0.25, 0.3) is 11.8 Å². The van der Waals surface area contributed by atoms with E-state index in [-0.39, 0.29) is 53.1 Å². The van der Waals surface area contributed by atoms with Crippen molar-refractivity contribution in [2.45, 2.75) is 27.2 Å². The first kappa shape index (κ1) is 28.6. The lowest BCUT2D eigenvalue weighted by molar-refractivity contribution is -0.114. The van der Waals surface area contributed by atoms with Crippen LogP contribution in [0.4, 0.5) is 5.69 Å². The molecule has 1 aromatic heterocycles. The normalized spacial score (nSPS) is 14.4. The number of allylic oxidation sites excluding steroid dienone is 2. The van der Waals surface area contributed by atoms with Crippen molar-refractivity contribution < 1.29 is 39.2 Å². The monoisotopic (exact) mass is 560 g/mol. The van der Waals surface area contributed by atoms with Crippen LogP contribution in [0.15, 0.2) is 70.9 Å². The summed E-state index contributed by atoms with van der Waals surface area (Å²) < 4.78 is 12.5. The number of ether oxygens (including phenoxy) is 2. The number of carboxylic acids is 2. The van der Waals surface area contributed by atoms with Crippen molar-refractivity contribution in [1.82, 2.24) is 9.78 Å². The Morgan fingerprint density at radius 1 is 0.878 bits per heavy atom. The molecule has 0 aliphatic carbocycles. The molecule has 4 rings (SSSR count). The predicted octanol–water partition coefficient (Wildman–Crippen LogP) is 4.49. The van der Waals surface area contributed by atoms with Crippen molar-refractivity contribution in [3.05, 3.63) is 82.4 Å². The van der Waals surface area contributed by atoms with Crippen molar-refractivity contribution in [1.29, 1.82) is 0 Å². The zero-order chi connectivity index (χ0) is 29.7. The van der Waals surface area contributed by atoms with E-state index >= 15 is 0 Å². The zero-order valence-corrected chi connectivity index (χ0v) is 22.6. The average molecular weight is 561 g/mol. The van der Waals surface area contributed by atoms with Crippen LogP contribution in [0.5, 0.6) is 11.8 Å². The molecule has 0 fully saturated rings. The highest BCUT2D eigenvalue weighted by molar-refractivity contribution is 6.28. The second-order valence-corrected chi connectivity index (χ2v) is 8.68. The van der Waals surface area contributed by atoms with Crippen molar-refractivity contribution in [3.63, 3.8) is 0 Å². The minimum atomic E-state index is -1.09. The number of carboxylic acid groups (broad SMARTS) is 2. The third-order valence-electron chi connectivity index (χ3n) is 6.05. The van der Waals surface area contributed by atoms with Crippen LogP contribution in [0.3, 0.4) is 0 Å². The van der Waals surface area contributed by atoms with Gasteiger partial charge in [-0.3, -0.25) is 4.79 Å². The lowest BCUT2D eigenvalue weighted by atomic mass is 10.1. The average Bonchev–Trinajstić information content (AvgIpc) is 3.44. The number of aromatic nitrogens is 2. The molecular formula is C29H28N4O8. The molecule has 0 spiro atoms. The molecule has 12 nitrogen and oxygen atoms in total. The van der Waals surface area contributed by atoms with Gasteiger partial charge in [-0.15, -0.1) is 10.2 Å². The van der Waals surface area contributed by atoms with Gasteiger partial charge in [0.15, 0.2) is 0 Å². The second-order valence-electron chi connectivity index (χ2n) is 8.68. The summed E-state index contributed by atoms with van der Waals surface area (Å²) in [5, 5.41) is 39.2. The molecule has 1 aliphatic heterocycles. The molecule has 1 aliphatic rings. The van der Waals surface area contributed by atoms with Gasteiger partial charge in [0.05, 0.1) is 35.7 Å². The first-order valence-electron chi connectivity index (χ1n) is 12.8. The Hall–Kier alpha value is -5.39. The molecule has 0 saturated carbocycles. The highest BCUT2D eigenvalue weighted by atomic mass is 16.5. The molecule has 2 heterocycles. The highest BCUT2D eigenvalue weighted by Crippen LogP contribution is 2.34. The van der Waals surface area contributed by atoms with Gasteiger partial charge in [0.25, 0.3) is 5.91 Å². The van der Waals surface area contributed by atoms with Gasteiger partial charge in [-0.25, -0.2) is 9.59 Å². The van der Waals surface area contributed by atoms with E-state index in [0.717, 1.165) is 5.01 Å². The number of amides is 1. The summed E-state index contributed by atoms with van der Waals surface area (Å²) in [5.41, 5.74) is 2.02. The molecule has 3 aromatic rings. The van der Waals surface area contributed by atoms with Crippen LogP contribution in [0, 0.1) is 0 Å². The van der Waals surface area contributed by atoms with Gasteiger partial charge < -0.3 is 24.8 Å². The smallest absolute Gasteiger partial charge is 0.335 e. The van der Waals surface area contributed by atoms with Gasteiger partial charge >= 0.3 is 11.9 Å². The van der Waals surface area contributed by atoms with Crippen LogP contribution >= 0.6 is 0 Å². The van der Waals surface area contributed by atoms with Crippen LogP contribution in [-0.4, -0.2) is 62.1 Å². The number of nitrogens with zero attached hydrogens (tertiary/aromatic N) is 4. The largest absolute Gasteiger partial charge is 0.493 e. The Morgan fingerprint density at radius 3 is 1.95 bits per heavy atom. The topological polar surface area (TPSA) is 164 Å². The maximum atomic E-state index is 13.4. The summed E-state index contributed by atoms with van der Waals surface area (Å²) in [7, 11) is 0. The third kappa shape index (κ3) is 5.96. The molecule has 3 N–H and O–H groups in total. The lowest BCUT2D eigenvalue weighted by Gasteiger charge is -2.11. The number of aromatic hydroxyl groups is 1. The Kier molecular flexibility index (Phi) is 8.51. The number of anilines is 1. The van der Waals surface area contributed by atoms with Gasteiger partial charge in [-0.05, 0) is 86.5 Å². The minimum Gasteiger partial charge on any atom is -0.493 e. The molecule has 0 saturated heterocycles. The van der Waals surface area contributed by atoms with Gasteiger partial charge in [0.2, 0.25) is 17.7 Å². The molecule has 212 valence electrons. The second kappa shape index (κ2) is 12.2. The summed E-state index contributed by atoms with van der Waals surface area (Å²) in [5.74, 6) is -2.63. The van der Waals surface area contributed by atoms with Crippen molar-refractivity contribution in [2.24, 2.45) is 5.10 Å². The molecular weight excluding hydrogens is 532 g/mol. The van der Waals surface area contributed by atoms with E-state index < -0.39 is 17.8 Å². The van der Waals surface area contributed by atoms with E-state index in [9.17, 15) is 24.6 Å². The van der Waals surface area contributed by atoms with Crippen LogP contribution in [0.2, 0.25) is 0 Å². The van der Waals surface area contributed by atoms with Crippen LogP contribution < -0.4 is 9.75 Å². The van der Waals surface area contributed by atoms with E-state index in [2.05, 4.69) is 10.2 Å². The van der Waals surface area contributed by atoms with Crippen molar-refractivity contribution >= 4 is 35.5 Å². The van der Waals surface area contributed by atoms with Gasteiger partial charge in [0.1, 0.15) is 11.1 Å². The SMILES string of the molecule is CCOC1=NN(c2ccc(C(=O)O)cc2)C(=O)C1=CC(=Cc1c(OCC)nn(-c2ccc(C(=O)O)cc2)c1O)CC. The van der Waals surface area contributed by atoms with Gasteiger partial charge in [-0.1, -0.05) is 6.92 Å². The summed E-state index contributed by atoms with van der Waals surface area (Å²) in [6.45, 7) is 5.92. The van der Waals surface area contributed by atoms with Crippen LogP contribution in [-0.2, 0) is 9.53 Å². The fourth-order valence-corrected chi connectivity index (χ4v) is 4.00. The minimum absolute atomic E-state index is 0.0738. The maximum Gasteiger partial charge on any atom is 0.335 e. The maximum absolute atomic E-state index is 13.4. The summed E-state index contributed by atoms with van der Waals surface area (Å²) >= 11 is 0. The summed E-state index contributed by atoms with van der Waals surface area (Å²) in [6.07, 6.45) is 3.70. The molecule has 1 amide bonds. The Balaban J connectivity index is 1.73. The number of benzene rings is 2. The molecule has 41 heavy (non-hydrogen) atoms. The number of carbonyl (C=O) groups excluding carboxylic acids is 1. The summed E-state index contributed by atoms with van der Waals surface area (Å²) in [4.78, 5) is 35.8. The number of aromatic carboxylic acids is 2. The first-order chi connectivity index (χ1) is 19.7. The Labute approximate surface area is 235 Å². The van der Waals surface area contributed by atoms with E-state index in [4.69, 9.17) is 14.6 Å². The number of hydrogen-bond donors (Lipinski definition) is 3. The lowest BCUT2D eigenvalue weighted by Crippen LogP contribution is -2.21. The Bertz CT molecular complexity index is 1570. The van der Waals surface area contributed by atoms with E-state index in [1.54, 1.807) is 26.0 Å². The van der Waals surface area contributed by atoms with Crippen LogP contribution in [0.1, 0.15) is 53.5 Å².